The monoisotopic (exact) mass is 377 g/mol. The molecule has 2 aromatic carbocycles. The Morgan fingerprint density at radius 3 is 2.75 bits per heavy atom. The Morgan fingerprint density at radius 2 is 1.96 bits per heavy atom. The molecule has 0 aliphatic carbocycles. The summed E-state index contributed by atoms with van der Waals surface area (Å²) in [6.07, 6.45) is 4.62. The van der Waals surface area contributed by atoms with E-state index < -0.39 is 0 Å². The summed E-state index contributed by atoms with van der Waals surface area (Å²) in [6.45, 7) is 5.83. The van der Waals surface area contributed by atoms with Gasteiger partial charge < -0.3 is 20.5 Å². The molecule has 4 rings (SSSR count). The fraction of sp³-hybridized carbons (Fsp3) is 0.435. The molecule has 1 aliphatic heterocycles. The summed E-state index contributed by atoms with van der Waals surface area (Å²) in [5.41, 5.74) is 11.6. The van der Waals surface area contributed by atoms with Crippen molar-refractivity contribution < 1.29 is 0 Å². The highest BCUT2D eigenvalue weighted by molar-refractivity contribution is 5.82. The van der Waals surface area contributed by atoms with Gasteiger partial charge in [-0.15, -0.1) is 0 Å². The molecule has 148 valence electrons. The fourth-order valence-corrected chi connectivity index (χ4v) is 4.23. The molecule has 3 N–H and O–H groups in total. The fourth-order valence-electron chi connectivity index (χ4n) is 4.23. The molecule has 1 saturated heterocycles. The molecule has 1 fully saturated rings. The first-order valence-electron chi connectivity index (χ1n) is 10.4. The maximum absolute atomic E-state index is 5.54. The van der Waals surface area contributed by atoms with Gasteiger partial charge in [-0.05, 0) is 61.2 Å². The van der Waals surface area contributed by atoms with Crippen LogP contribution < -0.4 is 11.1 Å². The minimum absolute atomic E-state index is 0.670. The lowest BCUT2D eigenvalue weighted by atomic mass is 9.98. The van der Waals surface area contributed by atoms with Crippen LogP contribution in [0.3, 0.4) is 0 Å². The second-order valence-corrected chi connectivity index (χ2v) is 8.03. The summed E-state index contributed by atoms with van der Waals surface area (Å²) in [4.78, 5) is 7.07. The van der Waals surface area contributed by atoms with Gasteiger partial charge in [-0.25, -0.2) is 4.98 Å². The van der Waals surface area contributed by atoms with Gasteiger partial charge in [0.25, 0.3) is 0 Å². The summed E-state index contributed by atoms with van der Waals surface area (Å²) >= 11 is 0. The van der Waals surface area contributed by atoms with Gasteiger partial charge in [0.1, 0.15) is 0 Å². The van der Waals surface area contributed by atoms with Crippen LogP contribution in [0.15, 0.2) is 48.8 Å². The Kier molecular flexibility index (Phi) is 6.05. The summed E-state index contributed by atoms with van der Waals surface area (Å²) in [5.74, 6) is 0.708. The number of nitrogens with one attached hydrogen (secondary N) is 1. The van der Waals surface area contributed by atoms with Gasteiger partial charge in [-0.3, -0.25) is 0 Å². The number of nitrogens with two attached hydrogens (primary N) is 1. The van der Waals surface area contributed by atoms with Crippen molar-refractivity contribution in [2.75, 3.05) is 33.2 Å². The molecular formula is C23H31N5. The van der Waals surface area contributed by atoms with Crippen molar-refractivity contribution in [1.82, 2.24) is 19.8 Å². The Morgan fingerprint density at radius 1 is 1.14 bits per heavy atom. The minimum atomic E-state index is 0.670. The Labute approximate surface area is 167 Å². The highest BCUT2D eigenvalue weighted by Gasteiger charge is 2.18. The number of nitrogens with zero attached hydrogens (tertiary/aromatic N) is 3. The van der Waals surface area contributed by atoms with E-state index in [1.807, 2.05) is 6.33 Å². The van der Waals surface area contributed by atoms with Gasteiger partial charge in [-0.1, -0.05) is 30.3 Å². The van der Waals surface area contributed by atoms with Crippen LogP contribution in [0.4, 0.5) is 0 Å². The van der Waals surface area contributed by atoms with E-state index in [4.69, 9.17) is 5.73 Å². The Bertz CT molecular complexity index is 899. The topological polar surface area (TPSA) is 59.1 Å². The van der Waals surface area contributed by atoms with Crippen LogP contribution in [-0.2, 0) is 13.1 Å². The predicted octanol–water partition coefficient (Wildman–Crippen LogP) is 3.09. The number of imidazole rings is 1. The van der Waals surface area contributed by atoms with Crippen LogP contribution in [-0.4, -0.2) is 47.7 Å². The van der Waals surface area contributed by atoms with Gasteiger partial charge in [0, 0.05) is 32.7 Å². The number of aromatic nitrogens is 2. The molecule has 0 amide bonds. The van der Waals surface area contributed by atoms with Crippen molar-refractivity contribution in [2.24, 2.45) is 11.7 Å². The zero-order valence-corrected chi connectivity index (χ0v) is 16.8. The average molecular weight is 378 g/mol. The number of hydrogen-bond acceptors (Lipinski definition) is 4. The van der Waals surface area contributed by atoms with Crippen molar-refractivity contribution in [2.45, 2.75) is 25.9 Å². The molecule has 0 bridgehead atoms. The number of fused-ring (bicyclic) bond motifs is 1. The predicted molar refractivity (Wildman–Crippen MR) is 116 cm³/mol. The molecular weight excluding hydrogens is 346 g/mol. The molecule has 1 atom stereocenters. The molecule has 0 radical (unpaired) electrons. The first-order chi connectivity index (χ1) is 13.7. The van der Waals surface area contributed by atoms with Crippen LogP contribution in [0, 0.1) is 5.92 Å². The first kappa shape index (κ1) is 19.1. The normalized spacial score (nSPS) is 18.0. The SMILES string of the molecule is CN1CCCC(Cn2cnc3ccc(-c4ccc(CNCCN)cc4)cc32)C1. The van der Waals surface area contributed by atoms with E-state index in [1.165, 1.54) is 48.1 Å². The molecule has 3 aromatic rings. The van der Waals surface area contributed by atoms with Crippen molar-refractivity contribution >= 4 is 11.0 Å². The maximum atomic E-state index is 5.54. The Hall–Kier alpha value is -2.21. The lowest BCUT2D eigenvalue weighted by molar-refractivity contribution is 0.195. The summed E-state index contributed by atoms with van der Waals surface area (Å²) in [7, 11) is 2.23. The van der Waals surface area contributed by atoms with Gasteiger partial charge in [-0.2, -0.15) is 0 Å². The Balaban J connectivity index is 1.52. The lowest BCUT2D eigenvalue weighted by Gasteiger charge is -2.29. The zero-order valence-electron chi connectivity index (χ0n) is 16.8. The second kappa shape index (κ2) is 8.86. The van der Waals surface area contributed by atoms with E-state index in [-0.39, 0.29) is 0 Å². The van der Waals surface area contributed by atoms with E-state index in [0.717, 1.165) is 25.2 Å². The van der Waals surface area contributed by atoms with Gasteiger partial charge in [0.15, 0.2) is 0 Å². The van der Waals surface area contributed by atoms with Crippen molar-refractivity contribution in [3.05, 3.63) is 54.4 Å². The third kappa shape index (κ3) is 4.43. The van der Waals surface area contributed by atoms with Crippen LogP contribution in [0.2, 0.25) is 0 Å². The van der Waals surface area contributed by atoms with Gasteiger partial charge >= 0.3 is 0 Å². The molecule has 1 aliphatic rings. The number of rotatable bonds is 7. The van der Waals surface area contributed by atoms with E-state index in [1.54, 1.807) is 0 Å². The minimum Gasteiger partial charge on any atom is -0.330 e. The largest absolute Gasteiger partial charge is 0.330 e. The number of piperidine rings is 1. The van der Waals surface area contributed by atoms with Crippen LogP contribution in [0.1, 0.15) is 18.4 Å². The van der Waals surface area contributed by atoms with Crippen molar-refractivity contribution in [3.8, 4) is 11.1 Å². The quantitative estimate of drug-likeness (QED) is 0.621. The second-order valence-electron chi connectivity index (χ2n) is 8.03. The molecule has 2 heterocycles. The van der Waals surface area contributed by atoms with Crippen LogP contribution in [0.5, 0.6) is 0 Å². The summed E-state index contributed by atoms with van der Waals surface area (Å²) < 4.78 is 2.34. The molecule has 0 saturated carbocycles. The highest BCUT2D eigenvalue weighted by atomic mass is 15.1. The van der Waals surface area contributed by atoms with Crippen molar-refractivity contribution in [1.29, 1.82) is 0 Å². The van der Waals surface area contributed by atoms with E-state index in [0.29, 0.717) is 12.5 Å². The van der Waals surface area contributed by atoms with Crippen LogP contribution in [0.25, 0.3) is 22.2 Å². The van der Waals surface area contributed by atoms with Gasteiger partial charge in [0.05, 0.1) is 17.4 Å². The first-order valence-corrected chi connectivity index (χ1v) is 10.4. The number of hydrogen-bond donors (Lipinski definition) is 2. The van der Waals surface area contributed by atoms with E-state index >= 15 is 0 Å². The van der Waals surface area contributed by atoms with Crippen molar-refractivity contribution in [3.63, 3.8) is 0 Å². The summed E-state index contributed by atoms with van der Waals surface area (Å²) in [5, 5.41) is 3.34. The summed E-state index contributed by atoms with van der Waals surface area (Å²) in [6, 6.07) is 15.4. The lowest BCUT2D eigenvalue weighted by Crippen LogP contribution is -2.33. The molecule has 1 unspecified atom stereocenters. The number of benzene rings is 2. The van der Waals surface area contributed by atoms with E-state index in [2.05, 4.69) is 69.3 Å². The molecule has 5 heteroatoms. The maximum Gasteiger partial charge on any atom is 0.0958 e. The zero-order chi connectivity index (χ0) is 19.3. The standard InChI is InChI=1S/C23H31N5/c1-27-12-2-3-19(15-27)16-28-17-26-22-9-8-21(13-23(22)28)20-6-4-18(5-7-20)14-25-11-10-24/h4-9,13,17,19,25H,2-3,10-12,14-16,24H2,1H3. The highest BCUT2D eigenvalue weighted by Crippen LogP contribution is 2.26. The molecule has 1 aromatic heterocycles. The van der Waals surface area contributed by atoms with E-state index in [9.17, 15) is 0 Å². The third-order valence-corrected chi connectivity index (χ3v) is 5.74. The third-order valence-electron chi connectivity index (χ3n) is 5.74. The number of likely N-dealkylation sites (tertiary alicyclic amines) is 1. The van der Waals surface area contributed by atoms with Crippen LogP contribution >= 0.6 is 0 Å². The smallest absolute Gasteiger partial charge is 0.0958 e. The molecule has 28 heavy (non-hydrogen) atoms. The van der Waals surface area contributed by atoms with Gasteiger partial charge in [0.2, 0.25) is 0 Å². The molecule has 5 nitrogen and oxygen atoms in total. The molecule has 0 spiro atoms. The average Bonchev–Trinajstić information content (AvgIpc) is 3.11.